The second-order valence-corrected chi connectivity index (χ2v) is 5.24. The molecule has 3 nitrogen and oxygen atoms in total. The minimum atomic E-state index is 0.447. The molecule has 0 aromatic heterocycles. The van der Waals surface area contributed by atoms with Gasteiger partial charge in [-0.25, -0.2) is 0 Å². The standard InChI is InChI=1S/C13H26N2O/c1-2-16-11-10-15-9-5-8-14-13(12-15)6-3-4-7-13/h14H,2-12H2,1H3. The zero-order valence-corrected chi connectivity index (χ0v) is 10.6. The first-order valence-electron chi connectivity index (χ1n) is 6.90. The van der Waals surface area contributed by atoms with Crippen LogP contribution in [-0.4, -0.2) is 49.8 Å². The molecule has 0 radical (unpaired) electrons. The highest BCUT2D eigenvalue weighted by Crippen LogP contribution is 2.31. The zero-order chi connectivity index (χ0) is 11.3. The Labute approximate surface area is 99.5 Å². The van der Waals surface area contributed by atoms with E-state index in [1.165, 1.54) is 51.7 Å². The van der Waals surface area contributed by atoms with Crippen LogP contribution in [0.5, 0.6) is 0 Å². The predicted octanol–water partition coefficient (Wildman–Crippen LogP) is 1.63. The van der Waals surface area contributed by atoms with Crippen molar-refractivity contribution in [1.82, 2.24) is 10.2 Å². The van der Waals surface area contributed by atoms with Crippen LogP contribution in [0, 0.1) is 0 Å². The van der Waals surface area contributed by atoms with Crippen LogP contribution in [0.25, 0.3) is 0 Å². The molecule has 2 rings (SSSR count). The molecule has 1 saturated heterocycles. The molecular weight excluding hydrogens is 200 g/mol. The van der Waals surface area contributed by atoms with E-state index in [0.29, 0.717) is 5.54 Å². The van der Waals surface area contributed by atoms with E-state index in [9.17, 15) is 0 Å². The van der Waals surface area contributed by atoms with Crippen LogP contribution in [0.1, 0.15) is 39.0 Å². The van der Waals surface area contributed by atoms with Gasteiger partial charge < -0.3 is 10.1 Å². The number of hydrogen-bond donors (Lipinski definition) is 1. The molecule has 1 spiro atoms. The molecule has 1 saturated carbocycles. The maximum absolute atomic E-state index is 5.47. The number of nitrogens with zero attached hydrogens (tertiary/aromatic N) is 1. The molecule has 1 N–H and O–H groups in total. The third-order valence-electron chi connectivity index (χ3n) is 3.99. The van der Waals surface area contributed by atoms with E-state index in [1.807, 2.05) is 0 Å². The molecule has 0 unspecified atom stereocenters. The van der Waals surface area contributed by atoms with Crippen LogP contribution in [0.2, 0.25) is 0 Å². The first kappa shape index (κ1) is 12.3. The van der Waals surface area contributed by atoms with Crippen LogP contribution in [0.15, 0.2) is 0 Å². The highest BCUT2D eigenvalue weighted by Gasteiger charge is 2.35. The third-order valence-corrected chi connectivity index (χ3v) is 3.99. The van der Waals surface area contributed by atoms with Gasteiger partial charge in [0, 0.05) is 25.2 Å². The minimum Gasteiger partial charge on any atom is -0.380 e. The second-order valence-electron chi connectivity index (χ2n) is 5.24. The van der Waals surface area contributed by atoms with Crippen molar-refractivity contribution >= 4 is 0 Å². The highest BCUT2D eigenvalue weighted by molar-refractivity contribution is 4.96. The van der Waals surface area contributed by atoms with Crippen LogP contribution < -0.4 is 5.32 Å². The van der Waals surface area contributed by atoms with E-state index in [1.54, 1.807) is 0 Å². The van der Waals surface area contributed by atoms with Gasteiger partial charge in [-0.15, -0.1) is 0 Å². The number of ether oxygens (including phenoxy) is 1. The van der Waals surface area contributed by atoms with E-state index < -0.39 is 0 Å². The normalized spacial score (nSPS) is 26.1. The molecule has 0 aromatic carbocycles. The summed E-state index contributed by atoms with van der Waals surface area (Å²) in [7, 11) is 0. The average molecular weight is 226 g/mol. The van der Waals surface area contributed by atoms with Crippen LogP contribution in [0.3, 0.4) is 0 Å². The van der Waals surface area contributed by atoms with Crippen molar-refractivity contribution < 1.29 is 4.74 Å². The van der Waals surface area contributed by atoms with Gasteiger partial charge in [-0.2, -0.15) is 0 Å². The summed E-state index contributed by atoms with van der Waals surface area (Å²) >= 11 is 0. The maximum Gasteiger partial charge on any atom is 0.0593 e. The first-order valence-corrected chi connectivity index (χ1v) is 6.90. The molecule has 16 heavy (non-hydrogen) atoms. The molecule has 0 amide bonds. The molecule has 0 bridgehead atoms. The predicted molar refractivity (Wildman–Crippen MR) is 66.8 cm³/mol. The Hall–Kier alpha value is -0.120. The largest absolute Gasteiger partial charge is 0.380 e. The first-order chi connectivity index (χ1) is 7.85. The van der Waals surface area contributed by atoms with Crippen LogP contribution in [0.4, 0.5) is 0 Å². The van der Waals surface area contributed by atoms with Crippen LogP contribution in [-0.2, 0) is 4.74 Å². The summed E-state index contributed by atoms with van der Waals surface area (Å²) in [5, 5.41) is 3.79. The zero-order valence-electron chi connectivity index (χ0n) is 10.6. The third kappa shape index (κ3) is 3.19. The number of hydrogen-bond acceptors (Lipinski definition) is 3. The smallest absolute Gasteiger partial charge is 0.0593 e. The van der Waals surface area contributed by atoms with E-state index in [0.717, 1.165) is 19.8 Å². The lowest BCUT2D eigenvalue weighted by molar-refractivity contribution is 0.104. The lowest BCUT2D eigenvalue weighted by Gasteiger charge is -2.33. The molecule has 3 heteroatoms. The summed E-state index contributed by atoms with van der Waals surface area (Å²) < 4.78 is 5.47. The Balaban J connectivity index is 1.83. The van der Waals surface area contributed by atoms with Gasteiger partial charge in [0.25, 0.3) is 0 Å². The number of rotatable bonds is 4. The lowest BCUT2D eigenvalue weighted by atomic mass is 9.97. The molecule has 1 aliphatic heterocycles. The Morgan fingerprint density at radius 2 is 2.06 bits per heavy atom. The van der Waals surface area contributed by atoms with E-state index in [2.05, 4.69) is 17.1 Å². The van der Waals surface area contributed by atoms with E-state index in [-0.39, 0.29) is 0 Å². The molecule has 2 aliphatic rings. The Morgan fingerprint density at radius 1 is 1.25 bits per heavy atom. The van der Waals surface area contributed by atoms with Crippen molar-refractivity contribution in [3.05, 3.63) is 0 Å². The van der Waals surface area contributed by atoms with Crippen molar-refractivity contribution in [2.75, 3.05) is 39.4 Å². The van der Waals surface area contributed by atoms with Crippen molar-refractivity contribution in [3.8, 4) is 0 Å². The molecule has 94 valence electrons. The summed E-state index contributed by atoms with van der Waals surface area (Å²) in [4.78, 5) is 2.60. The summed E-state index contributed by atoms with van der Waals surface area (Å²) in [6.07, 6.45) is 6.85. The average Bonchev–Trinajstić information content (AvgIpc) is 2.63. The monoisotopic (exact) mass is 226 g/mol. The number of nitrogens with one attached hydrogen (secondary N) is 1. The maximum atomic E-state index is 5.47. The van der Waals surface area contributed by atoms with Gasteiger partial charge in [0.2, 0.25) is 0 Å². The van der Waals surface area contributed by atoms with Gasteiger partial charge in [-0.1, -0.05) is 12.8 Å². The molecule has 1 aliphatic carbocycles. The van der Waals surface area contributed by atoms with Gasteiger partial charge in [0.05, 0.1) is 6.61 Å². The molecule has 2 fully saturated rings. The fourth-order valence-corrected chi connectivity index (χ4v) is 3.13. The highest BCUT2D eigenvalue weighted by atomic mass is 16.5. The van der Waals surface area contributed by atoms with Gasteiger partial charge in [-0.05, 0) is 39.3 Å². The van der Waals surface area contributed by atoms with Crippen molar-refractivity contribution in [3.63, 3.8) is 0 Å². The van der Waals surface area contributed by atoms with Crippen molar-refractivity contribution in [1.29, 1.82) is 0 Å². The summed E-state index contributed by atoms with van der Waals surface area (Å²) in [5.41, 5.74) is 0.447. The molecule has 0 aromatic rings. The van der Waals surface area contributed by atoms with Crippen molar-refractivity contribution in [2.45, 2.75) is 44.6 Å². The molecular formula is C13H26N2O. The fraction of sp³-hybridized carbons (Fsp3) is 1.00. The summed E-state index contributed by atoms with van der Waals surface area (Å²) in [6.45, 7) is 8.59. The van der Waals surface area contributed by atoms with Crippen molar-refractivity contribution in [2.24, 2.45) is 0 Å². The van der Waals surface area contributed by atoms with E-state index in [4.69, 9.17) is 4.74 Å². The second kappa shape index (κ2) is 5.99. The van der Waals surface area contributed by atoms with Gasteiger partial charge >= 0.3 is 0 Å². The lowest BCUT2D eigenvalue weighted by Crippen LogP contribution is -2.49. The molecule has 1 heterocycles. The molecule has 0 atom stereocenters. The Kier molecular flexibility index (Phi) is 4.62. The SMILES string of the molecule is CCOCCN1CCCNC2(CCCC2)C1. The quantitative estimate of drug-likeness (QED) is 0.737. The van der Waals surface area contributed by atoms with Gasteiger partial charge in [-0.3, -0.25) is 4.90 Å². The van der Waals surface area contributed by atoms with Gasteiger partial charge in [0.1, 0.15) is 0 Å². The topological polar surface area (TPSA) is 24.5 Å². The van der Waals surface area contributed by atoms with Gasteiger partial charge in [0.15, 0.2) is 0 Å². The Bertz CT molecular complexity index is 202. The van der Waals surface area contributed by atoms with Crippen LogP contribution >= 0.6 is 0 Å². The summed E-state index contributed by atoms with van der Waals surface area (Å²) in [5.74, 6) is 0. The van der Waals surface area contributed by atoms with E-state index >= 15 is 0 Å². The Morgan fingerprint density at radius 3 is 2.81 bits per heavy atom. The summed E-state index contributed by atoms with van der Waals surface area (Å²) in [6, 6.07) is 0. The fourth-order valence-electron chi connectivity index (χ4n) is 3.13. The minimum absolute atomic E-state index is 0.447.